The van der Waals surface area contributed by atoms with E-state index in [0.29, 0.717) is 13.0 Å². The highest BCUT2D eigenvalue weighted by molar-refractivity contribution is 5.80. The maximum Gasteiger partial charge on any atom is 0.406 e. The SMILES string of the molecule is NC(=O)O[C@@]1(C(=O)O)CCCN1. The van der Waals surface area contributed by atoms with E-state index in [1.807, 2.05) is 0 Å². The maximum atomic E-state index is 10.7. The van der Waals surface area contributed by atoms with Crippen molar-refractivity contribution >= 4 is 12.1 Å². The van der Waals surface area contributed by atoms with Crippen LogP contribution >= 0.6 is 0 Å². The first kappa shape index (κ1) is 8.79. The molecular weight excluding hydrogens is 164 g/mol. The van der Waals surface area contributed by atoms with Gasteiger partial charge in [0.05, 0.1) is 0 Å². The highest BCUT2D eigenvalue weighted by Crippen LogP contribution is 2.20. The van der Waals surface area contributed by atoms with E-state index in [4.69, 9.17) is 10.8 Å². The van der Waals surface area contributed by atoms with Crippen molar-refractivity contribution in [2.45, 2.75) is 18.6 Å². The van der Waals surface area contributed by atoms with Crippen molar-refractivity contribution in [2.75, 3.05) is 6.54 Å². The number of aliphatic carboxylic acids is 1. The Kier molecular flexibility index (Phi) is 2.18. The molecule has 0 aromatic rings. The largest absolute Gasteiger partial charge is 0.477 e. The van der Waals surface area contributed by atoms with Crippen LogP contribution in [0.3, 0.4) is 0 Å². The molecule has 0 aromatic heterocycles. The van der Waals surface area contributed by atoms with Gasteiger partial charge < -0.3 is 15.6 Å². The van der Waals surface area contributed by atoms with Crippen molar-refractivity contribution in [1.29, 1.82) is 0 Å². The number of rotatable bonds is 2. The third-order valence-corrected chi connectivity index (χ3v) is 1.74. The summed E-state index contributed by atoms with van der Waals surface area (Å²) in [6.45, 7) is 0.513. The van der Waals surface area contributed by atoms with Gasteiger partial charge in [-0.05, 0) is 13.0 Å². The summed E-state index contributed by atoms with van der Waals surface area (Å²) in [4.78, 5) is 21.0. The van der Waals surface area contributed by atoms with Crippen LogP contribution in [0.1, 0.15) is 12.8 Å². The second-order valence-electron chi connectivity index (χ2n) is 2.58. The molecule has 1 rings (SSSR count). The first-order valence-corrected chi connectivity index (χ1v) is 3.54. The van der Waals surface area contributed by atoms with E-state index < -0.39 is 17.8 Å². The predicted octanol–water partition coefficient (Wildman–Crippen LogP) is -0.754. The molecule has 1 fully saturated rings. The maximum absolute atomic E-state index is 10.7. The van der Waals surface area contributed by atoms with Gasteiger partial charge in [0.1, 0.15) is 0 Å². The van der Waals surface area contributed by atoms with Gasteiger partial charge in [-0.1, -0.05) is 0 Å². The third-order valence-electron chi connectivity index (χ3n) is 1.74. The molecule has 1 aliphatic rings. The van der Waals surface area contributed by atoms with E-state index in [2.05, 4.69) is 10.1 Å². The molecule has 68 valence electrons. The average Bonchev–Trinajstić information content (AvgIpc) is 2.35. The van der Waals surface area contributed by atoms with Crippen LogP contribution in [0, 0.1) is 0 Å². The molecule has 1 aliphatic heterocycles. The summed E-state index contributed by atoms with van der Waals surface area (Å²) < 4.78 is 4.49. The monoisotopic (exact) mass is 174 g/mol. The van der Waals surface area contributed by atoms with E-state index in [9.17, 15) is 9.59 Å². The number of ether oxygens (including phenoxy) is 1. The van der Waals surface area contributed by atoms with Crippen molar-refractivity contribution in [1.82, 2.24) is 5.32 Å². The van der Waals surface area contributed by atoms with Crippen molar-refractivity contribution < 1.29 is 19.4 Å². The summed E-state index contributed by atoms with van der Waals surface area (Å²) in [6, 6.07) is 0. The average molecular weight is 174 g/mol. The number of amides is 1. The van der Waals surface area contributed by atoms with Gasteiger partial charge in [-0.2, -0.15) is 0 Å². The van der Waals surface area contributed by atoms with Crippen LogP contribution in [0.5, 0.6) is 0 Å². The number of hydrogen-bond acceptors (Lipinski definition) is 4. The lowest BCUT2D eigenvalue weighted by Crippen LogP contribution is -2.52. The minimum Gasteiger partial charge on any atom is -0.477 e. The van der Waals surface area contributed by atoms with E-state index in [0.717, 1.165) is 0 Å². The number of hydrogen-bond donors (Lipinski definition) is 3. The van der Waals surface area contributed by atoms with Crippen molar-refractivity contribution in [2.24, 2.45) is 5.73 Å². The van der Waals surface area contributed by atoms with Crippen LogP contribution in [0.4, 0.5) is 4.79 Å². The topological polar surface area (TPSA) is 102 Å². The zero-order chi connectivity index (χ0) is 9.19. The number of carboxylic acids is 1. The van der Waals surface area contributed by atoms with Crippen LogP contribution in [0.15, 0.2) is 0 Å². The Labute approximate surface area is 68.7 Å². The number of carbonyl (C=O) groups is 2. The Balaban J connectivity index is 2.72. The Hall–Kier alpha value is -1.30. The predicted molar refractivity (Wildman–Crippen MR) is 38.3 cm³/mol. The molecule has 6 nitrogen and oxygen atoms in total. The summed E-state index contributed by atoms with van der Waals surface area (Å²) in [5, 5.41) is 11.3. The molecule has 12 heavy (non-hydrogen) atoms. The minimum absolute atomic E-state index is 0.255. The van der Waals surface area contributed by atoms with Gasteiger partial charge in [-0.15, -0.1) is 0 Å². The minimum atomic E-state index is -1.59. The number of nitrogens with one attached hydrogen (secondary N) is 1. The molecule has 4 N–H and O–H groups in total. The highest BCUT2D eigenvalue weighted by atomic mass is 16.6. The van der Waals surface area contributed by atoms with Gasteiger partial charge in [-0.3, -0.25) is 5.32 Å². The van der Waals surface area contributed by atoms with Gasteiger partial charge in [0, 0.05) is 6.42 Å². The Morgan fingerprint density at radius 3 is 2.58 bits per heavy atom. The molecule has 0 radical (unpaired) electrons. The van der Waals surface area contributed by atoms with Crippen LogP contribution in [0.25, 0.3) is 0 Å². The molecular formula is C6H10N2O4. The van der Waals surface area contributed by atoms with Crippen molar-refractivity contribution in [3.05, 3.63) is 0 Å². The van der Waals surface area contributed by atoms with E-state index in [1.54, 1.807) is 0 Å². The Morgan fingerprint density at radius 2 is 2.25 bits per heavy atom. The number of nitrogens with two attached hydrogens (primary N) is 1. The second kappa shape index (κ2) is 2.98. The highest BCUT2D eigenvalue weighted by Gasteiger charge is 2.44. The van der Waals surface area contributed by atoms with Crippen LogP contribution in [0.2, 0.25) is 0 Å². The van der Waals surface area contributed by atoms with Gasteiger partial charge in [0.25, 0.3) is 5.72 Å². The molecule has 0 saturated carbocycles. The molecule has 1 atom stereocenters. The molecule has 6 heteroatoms. The van der Waals surface area contributed by atoms with Crippen LogP contribution < -0.4 is 11.1 Å². The number of carboxylic acid groups (broad SMARTS) is 1. The normalized spacial score (nSPS) is 28.3. The summed E-state index contributed by atoms with van der Waals surface area (Å²) in [7, 11) is 0. The standard InChI is InChI=1S/C6H10N2O4/c7-5(11)12-6(4(9)10)2-1-3-8-6/h8H,1-3H2,(H2,7,11)(H,9,10)/t6-/m1/s1. The lowest BCUT2D eigenvalue weighted by Gasteiger charge is -2.22. The molecule has 1 saturated heterocycles. The summed E-state index contributed by atoms with van der Waals surface area (Å²) >= 11 is 0. The molecule has 0 aliphatic carbocycles. The molecule has 1 amide bonds. The second-order valence-corrected chi connectivity index (χ2v) is 2.58. The van der Waals surface area contributed by atoms with Gasteiger partial charge in [-0.25, -0.2) is 9.59 Å². The summed E-state index contributed by atoms with van der Waals surface area (Å²) in [5.41, 5.74) is 3.14. The third kappa shape index (κ3) is 1.48. The molecule has 0 spiro atoms. The molecule has 0 bridgehead atoms. The quantitative estimate of drug-likeness (QED) is 0.511. The Bertz CT molecular complexity index is 210. The fourth-order valence-corrected chi connectivity index (χ4v) is 1.20. The van der Waals surface area contributed by atoms with Gasteiger partial charge >= 0.3 is 12.1 Å². The van der Waals surface area contributed by atoms with Crippen LogP contribution in [-0.4, -0.2) is 29.4 Å². The Morgan fingerprint density at radius 1 is 1.58 bits per heavy atom. The number of primary amides is 1. The van der Waals surface area contributed by atoms with Gasteiger partial charge in [0.2, 0.25) is 0 Å². The van der Waals surface area contributed by atoms with Gasteiger partial charge in [0.15, 0.2) is 0 Å². The molecule has 1 heterocycles. The van der Waals surface area contributed by atoms with E-state index in [1.165, 1.54) is 0 Å². The van der Waals surface area contributed by atoms with Crippen molar-refractivity contribution in [3.63, 3.8) is 0 Å². The smallest absolute Gasteiger partial charge is 0.406 e. The first-order valence-electron chi connectivity index (χ1n) is 3.54. The van der Waals surface area contributed by atoms with Crippen molar-refractivity contribution in [3.8, 4) is 0 Å². The van der Waals surface area contributed by atoms with Crippen LogP contribution in [-0.2, 0) is 9.53 Å². The first-order chi connectivity index (χ1) is 5.57. The lowest BCUT2D eigenvalue weighted by atomic mass is 10.2. The van der Waals surface area contributed by atoms with E-state index >= 15 is 0 Å². The lowest BCUT2D eigenvalue weighted by molar-refractivity contribution is -0.160. The zero-order valence-corrected chi connectivity index (χ0v) is 6.37. The molecule has 0 unspecified atom stereocenters. The number of carbonyl (C=O) groups excluding carboxylic acids is 1. The van der Waals surface area contributed by atoms with E-state index in [-0.39, 0.29) is 6.42 Å². The summed E-state index contributed by atoms with van der Waals surface area (Å²) in [5.74, 6) is -1.21. The fraction of sp³-hybridized carbons (Fsp3) is 0.667. The summed E-state index contributed by atoms with van der Waals surface area (Å²) in [6.07, 6.45) is -0.169. The molecule has 0 aromatic carbocycles. The fourth-order valence-electron chi connectivity index (χ4n) is 1.20. The zero-order valence-electron chi connectivity index (χ0n) is 6.37.